The predicted octanol–water partition coefficient (Wildman–Crippen LogP) is 3.24. The molecule has 0 fully saturated rings. The first-order valence-corrected chi connectivity index (χ1v) is 8.53. The highest BCUT2D eigenvalue weighted by molar-refractivity contribution is 9.10. The van der Waals surface area contributed by atoms with E-state index in [1.807, 2.05) is 0 Å². The normalized spacial score (nSPS) is 11.2. The van der Waals surface area contributed by atoms with E-state index in [2.05, 4.69) is 21.2 Å². The molecule has 0 atom stereocenters. The lowest BCUT2D eigenvalue weighted by Gasteiger charge is -2.10. The number of carbonyl (C=O) groups excluding carboxylic acids is 1. The molecule has 0 aliphatic rings. The first-order chi connectivity index (χ1) is 9.79. The number of sulfone groups is 1. The van der Waals surface area contributed by atoms with Crippen LogP contribution in [0.15, 0.2) is 51.8 Å². The number of halogens is 2. The molecule has 0 bridgehead atoms. The highest BCUT2D eigenvalue weighted by atomic mass is 79.9. The standard InChI is InChI=1S/C14H11BrFNO3S/c1-21(19,20)13-5-3-2-4-10(13)14(18)17-12-7-6-9(16)8-11(12)15/h2-8H,1H3,(H,17,18). The largest absolute Gasteiger partial charge is 0.321 e. The van der Waals surface area contributed by atoms with Crippen molar-refractivity contribution >= 4 is 37.4 Å². The van der Waals surface area contributed by atoms with E-state index in [0.717, 1.165) is 6.26 Å². The Morgan fingerprint density at radius 3 is 2.48 bits per heavy atom. The Hall–Kier alpha value is -1.73. The van der Waals surface area contributed by atoms with Gasteiger partial charge in [-0.15, -0.1) is 0 Å². The summed E-state index contributed by atoms with van der Waals surface area (Å²) < 4.78 is 36.7. The maximum absolute atomic E-state index is 13.0. The van der Waals surface area contributed by atoms with Crippen molar-refractivity contribution in [2.45, 2.75) is 4.90 Å². The number of anilines is 1. The topological polar surface area (TPSA) is 63.2 Å². The molecule has 2 rings (SSSR count). The third-order valence-corrected chi connectivity index (χ3v) is 4.52. The fraction of sp³-hybridized carbons (Fsp3) is 0.0714. The Morgan fingerprint density at radius 1 is 1.19 bits per heavy atom. The van der Waals surface area contributed by atoms with Crippen LogP contribution in [0.2, 0.25) is 0 Å². The van der Waals surface area contributed by atoms with Gasteiger partial charge in [-0.3, -0.25) is 4.79 Å². The van der Waals surface area contributed by atoms with Crippen molar-refractivity contribution < 1.29 is 17.6 Å². The Bertz CT molecular complexity index is 806. The number of hydrogen-bond donors (Lipinski definition) is 1. The maximum Gasteiger partial charge on any atom is 0.257 e. The number of hydrogen-bond acceptors (Lipinski definition) is 3. The molecular weight excluding hydrogens is 361 g/mol. The van der Waals surface area contributed by atoms with Crippen molar-refractivity contribution in [3.63, 3.8) is 0 Å². The quantitative estimate of drug-likeness (QED) is 0.900. The fourth-order valence-corrected chi connectivity index (χ4v) is 3.09. The minimum Gasteiger partial charge on any atom is -0.321 e. The lowest BCUT2D eigenvalue weighted by atomic mass is 10.2. The molecule has 1 amide bonds. The van der Waals surface area contributed by atoms with E-state index in [4.69, 9.17) is 0 Å². The van der Waals surface area contributed by atoms with Gasteiger partial charge in [0.15, 0.2) is 9.84 Å². The summed E-state index contributed by atoms with van der Waals surface area (Å²) in [4.78, 5) is 12.2. The molecule has 0 radical (unpaired) electrons. The van der Waals surface area contributed by atoms with E-state index in [9.17, 15) is 17.6 Å². The summed E-state index contributed by atoms with van der Waals surface area (Å²) in [5, 5.41) is 2.55. The molecule has 0 aliphatic heterocycles. The molecule has 0 aliphatic carbocycles. The van der Waals surface area contributed by atoms with Crippen molar-refractivity contribution in [1.29, 1.82) is 0 Å². The SMILES string of the molecule is CS(=O)(=O)c1ccccc1C(=O)Nc1ccc(F)cc1Br. The Balaban J connectivity index is 2.38. The second-order valence-electron chi connectivity index (χ2n) is 4.35. The van der Waals surface area contributed by atoms with E-state index < -0.39 is 21.6 Å². The van der Waals surface area contributed by atoms with Crippen LogP contribution in [0.1, 0.15) is 10.4 Å². The first-order valence-electron chi connectivity index (χ1n) is 5.84. The van der Waals surface area contributed by atoms with Gasteiger partial charge in [0, 0.05) is 10.7 Å². The monoisotopic (exact) mass is 371 g/mol. The van der Waals surface area contributed by atoms with Crippen LogP contribution in [0.4, 0.5) is 10.1 Å². The molecule has 0 saturated carbocycles. The van der Waals surface area contributed by atoms with Crippen LogP contribution in [0.5, 0.6) is 0 Å². The first kappa shape index (κ1) is 15.7. The van der Waals surface area contributed by atoms with Gasteiger partial charge in [0.05, 0.1) is 16.1 Å². The summed E-state index contributed by atoms with van der Waals surface area (Å²) in [7, 11) is -3.52. The van der Waals surface area contributed by atoms with Crippen LogP contribution in [-0.4, -0.2) is 20.6 Å². The van der Waals surface area contributed by atoms with E-state index in [-0.39, 0.29) is 10.5 Å². The molecule has 21 heavy (non-hydrogen) atoms. The van der Waals surface area contributed by atoms with E-state index in [1.165, 1.54) is 30.3 Å². The molecule has 110 valence electrons. The molecule has 7 heteroatoms. The molecule has 2 aromatic rings. The third-order valence-electron chi connectivity index (χ3n) is 2.71. The minimum absolute atomic E-state index is 0.0382. The lowest BCUT2D eigenvalue weighted by Crippen LogP contribution is -2.16. The maximum atomic E-state index is 13.0. The van der Waals surface area contributed by atoms with E-state index in [0.29, 0.717) is 10.2 Å². The average Bonchev–Trinajstić information content (AvgIpc) is 2.41. The number of carbonyl (C=O) groups is 1. The number of benzene rings is 2. The van der Waals surface area contributed by atoms with Crippen molar-refractivity contribution in [3.8, 4) is 0 Å². The molecule has 0 heterocycles. The summed E-state index contributed by atoms with van der Waals surface area (Å²) in [5.74, 6) is -1.03. The van der Waals surface area contributed by atoms with Gasteiger partial charge in [0.25, 0.3) is 5.91 Å². The van der Waals surface area contributed by atoms with Crippen molar-refractivity contribution in [3.05, 3.63) is 58.3 Å². The summed E-state index contributed by atoms with van der Waals surface area (Å²) in [6.07, 6.45) is 1.03. The molecule has 4 nitrogen and oxygen atoms in total. The second kappa shape index (κ2) is 5.95. The number of amides is 1. The molecule has 1 N–H and O–H groups in total. The van der Waals surface area contributed by atoms with Gasteiger partial charge < -0.3 is 5.32 Å². The lowest BCUT2D eigenvalue weighted by molar-refractivity contribution is 0.102. The summed E-state index contributed by atoms with van der Waals surface area (Å²) in [5.41, 5.74) is 0.390. The molecule has 0 aromatic heterocycles. The van der Waals surface area contributed by atoms with Crippen molar-refractivity contribution in [2.75, 3.05) is 11.6 Å². The zero-order valence-electron chi connectivity index (χ0n) is 10.9. The Morgan fingerprint density at radius 2 is 1.86 bits per heavy atom. The highest BCUT2D eigenvalue weighted by Gasteiger charge is 2.18. The zero-order chi connectivity index (χ0) is 15.6. The Labute approximate surface area is 130 Å². The van der Waals surface area contributed by atoms with E-state index in [1.54, 1.807) is 12.1 Å². The second-order valence-corrected chi connectivity index (χ2v) is 7.19. The number of nitrogens with one attached hydrogen (secondary N) is 1. The average molecular weight is 372 g/mol. The van der Waals surface area contributed by atoms with Gasteiger partial charge in [-0.1, -0.05) is 12.1 Å². The molecule has 2 aromatic carbocycles. The molecular formula is C14H11BrFNO3S. The van der Waals surface area contributed by atoms with Crippen LogP contribution >= 0.6 is 15.9 Å². The third kappa shape index (κ3) is 3.68. The van der Waals surface area contributed by atoms with Crippen LogP contribution in [-0.2, 0) is 9.84 Å². The fourth-order valence-electron chi connectivity index (χ4n) is 1.76. The zero-order valence-corrected chi connectivity index (χ0v) is 13.3. The molecule has 0 spiro atoms. The predicted molar refractivity (Wildman–Crippen MR) is 81.6 cm³/mol. The molecule has 0 saturated heterocycles. The highest BCUT2D eigenvalue weighted by Crippen LogP contribution is 2.24. The molecule has 0 unspecified atom stereocenters. The Kier molecular flexibility index (Phi) is 4.43. The van der Waals surface area contributed by atoms with Crippen LogP contribution in [0, 0.1) is 5.82 Å². The van der Waals surface area contributed by atoms with Crippen LogP contribution in [0.3, 0.4) is 0 Å². The van der Waals surface area contributed by atoms with Gasteiger partial charge in [0.1, 0.15) is 5.82 Å². The van der Waals surface area contributed by atoms with Gasteiger partial charge in [-0.2, -0.15) is 0 Å². The number of rotatable bonds is 3. The van der Waals surface area contributed by atoms with Crippen LogP contribution < -0.4 is 5.32 Å². The summed E-state index contributed by atoms with van der Waals surface area (Å²) in [6.45, 7) is 0. The van der Waals surface area contributed by atoms with E-state index >= 15 is 0 Å². The van der Waals surface area contributed by atoms with Crippen molar-refractivity contribution in [1.82, 2.24) is 0 Å². The minimum atomic E-state index is -3.52. The van der Waals surface area contributed by atoms with Crippen molar-refractivity contribution in [2.24, 2.45) is 0 Å². The van der Waals surface area contributed by atoms with Gasteiger partial charge in [0.2, 0.25) is 0 Å². The van der Waals surface area contributed by atoms with Gasteiger partial charge >= 0.3 is 0 Å². The smallest absolute Gasteiger partial charge is 0.257 e. The summed E-state index contributed by atoms with van der Waals surface area (Å²) >= 11 is 3.13. The van der Waals surface area contributed by atoms with Crippen LogP contribution in [0.25, 0.3) is 0 Å². The van der Waals surface area contributed by atoms with Gasteiger partial charge in [-0.25, -0.2) is 12.8 Å². The van der Waals surface area contributed by atoms with Gasteiger partial charge in [-0.05, 0) is 46.3 Å². The summed E-state index contributed by atoms with van der Waals surface area (Å²) in [6, 6.07) is 9.69.